The molecule has 0 fully saturated rings. The molecule has 0 unspecified atom stereocenters. The fraction of sp³-hybridized carbons (Fsp3) is 0.154. The summed E-state index contributed by atoms with van der Waals surface area (Å²) in [4.78, 5) is 4.96. The highest BCUT2D eigenvalue weighted by Crippen LogP contribution is 2.49. The van der Waals surface area contributed by atoms with Crippen molar-refractivity contribution in [3.05, 3.63) is 254 Å². The summed E-state index contributed by atoms with van der Waals surface area (Å²) in [6.45, 7) is 20.7. The summed E-state index contributed by atoms with van der Waals surface area (Å²) in [6.07, 6.45) is 4.26. The zero-order chi connectivity index (χ0) is 57.4. The number of aromatic nitrogens is 5. The maximum absolute atomic E-state index is 7.00. The first-order chi connectivity index (χ1) is 40.5. The highest BCUT2D eigenvalue weighted by molar-refractivity contribution is 6.15. The summed E-state index contributed by atoms with van der Waals surface area (Å²) in [6, 6.07) is 82.7. The maximum atomic E-state index is 7.00. The second kappa shape index (κ2) is 18.9. The molecule has 0 amide bonds. The van der Waals surface area contributed by atoms with Crippen LogP contribution in [0, 0.1) is 0 Å². The predicted octanol–water partition coefficient (Wildman–Crippen LogP) is 20.2. The van der Waals surface area contributed by atoms with Crippen molar-refractivity contribution >= 4 is 54.6 Å². The third-order valence-electron chi connectivity index (χ3n) is 17.4. The number of para-hydroxylation sites is 5. The first kappa shape index (κ1) is 51.1. The highest BCUT2D eigenvalue weighted by Gasteiger charge is 2.33. The van der Waals surface area contributed by atoms with E-state index < -0.39 is 0 Å². The molecule has 6 nitrogen and oxygen atoms in total. The van der Waals surface area contributed by atoms with Gasteiger partial charge in [0.2, 0.25) is 0 Å². The summed E-state index contributed by atoms with van der Waals surface area (Å²) >= 11 is 0. The smallest absolute Gasteiger partial charge is 0.255 e. The van der Waals surface area contributed by atoms with Crippen molar-refractivity contribution in [3.63, 3.8) is 0 Å². The molecule has 0 saturated heterocycles. The van der Waals surface area contributed by atoms with Gasteiger partial charge in [-0.15, -0.1) is 0 Å². The van der Waals surface area contributed by atoms with Crippen LogP contribution in [0.4, 0.5) is 0 Å². The van der Waals surface area contributed by atoms with Crippen molar-refractivity contribution in [3.8, 4) is 78.9 Å². The number of ether oxygens (including phenoxy) is 1. The van der Waals surface area contributed by atoms with Gasteiger partial charge in [-0.25, -0.2) is 4.98 Å². The van der Waals surface area contributed by atoms with Gasteiger partial charge in [-0.05, 0) is 146 Å². The van der Waals surface area contributed by atoms with Crippen LogP contribution in [-0.2, 0) is 16.2 Å². The summed E-state index contributed by atoms with van der Waals surface area (Å²) in [7, 11) is 0. The van der Waals surface area contributed by atoms with E-state index in [1.807, 2.05) is 6.20 Å². The van der Waals surface area contributed by atoms with E-state index in [-0.39, 0.29) is 16.2 Å². The maximum Gasteiger partial charge on any atom is 0.255 e. The Labute approximate surface area is 491 Å². The van der Waals surface area contributed by atoms with Crippen molar-refractivity contribution in [2.75, 3.05) is 0 Å². The Morgan fingerprint density at radius 3 is 1.64 bits per heavy atom. The molecule has 1 aliphatic heterocycles. The SMILES string of the molecule is CC(C)(C)c1cc(-c2cccc3c2-[n+]2cn(-c4cccc(Oc5ccc6c7ccccc7n(-c7cc(C(C)(C)C)ccn7)c6c5)c4)c4cccc(c42)-c2cc4c(cc2-c2ccccc2-3)c2ccccc2n4-c2ccccc2)cc(C(C)(C)C)c1. The number of imidazole rings is 1. The van der Waals surface area contributed by atoms with Crippen LogP contribution in [0.5, 0.6) is 11.5 Å². The number of fused-ring (bicyclic) bond motifs is 13. The molecular formula is C78H66N5O+. The molecule has 1 aliphatic rings. The molecule has 0 atom stereocenters. The highest BCUT2D eigenvalue weighted by atomic mass is 16.5. The summed E-state index contributed by atoms with van der Waals surface area (Å²) in [5.74, 6) is 2.36. The van der Waals surface area contributed by atoms with E-state index in [0.29, 0.717) is 0 Å². The quantitative estimate of drug-likeness (QED) is 0.156. The minimum Gasteiger partial charge on any atom is -0.457 e. The van der Waals surface area contributed by atoms with Gasteiger partial charge in [0, 0.05) is 62.3 Å². The average Bonchev–Trinajstić information content (AvgIpc) is 1.81. The number of nitrogens with zero attached hydrogens (tertiary/aromatic N) is 5. The molecule has 0 aliphatic carbocycles. The van der Waals surface area contributed by atoms with Gasteiger partial charge in [-0.1, -0.05) is 190 Å². The molecule has 14 aromatic rings. The molecule has 4 aromatic heterocycles. The summed E-state index contributed by atoms with van der Waals surface area (Å²) in [5.41, 5.74) is 22.9. The fourth-order valence-electron chi connectivity index (χ4n) is 13.1. The van der Waals surface area contributed by atoms with Crippen LogP contribution in [0.15, 0.2) is 237 Å². The van der Waals surface area contributed by atoms with Crippen LogP contribution in [0.2, 0.25) is 0 Å². The predicted molar refractivity (Wildman–Crippen MR) is 349 cm³/mol. The minimum atomic E-state index is -0.0829. The van der Waals surface area contributed by atoms with E-state index in [9.17, 15) is 0 Å². The lowest BCUT2D eigenvalue weighted by Gasteiger charge is -2.26. The average molecular weight is 1090 g/mol. The second-order valence-corrected chi connectivity index (χ2v) is 26.0. The van der Waals surface area contributed by atoms with Crippen LogP contribution in [-0.4, -0.2) is 18.7 Å². The second-order valence-electron chi connectivity index (χ2n) is 26.0. The molecule has 0 N–H and O–H groups in total. The van der Waals surface area contributed by atoms with E-state index in [0.717, 1.165) is 84.0 Å². The standard InChI is InChI=1S/C78H66N5O/c1-76(2,3)50-38-39-79-73(43-50)83-69-34-18-15-28-60(69)62-37-36-56(45-71(62)83)84-55-25-19-24-54(44-55)80-48-81-74-57(49-40-51(77(4,5)6)42-52(41-49)78(7,8)9)30-20-31-63(74)58-26-13-14-27-59(58)65-46-67-61-29-16-17-33-68(61)82(53-22-11-10-12-23-53)72(67)47-66(65)64-32-21-35-70(80)75(64)81/h10-48H,1-9H3/q+1. The minimum absolute atomic E-state index is 0.0371. The molecule has 6 heteroatoms. The number of pyridine rings is 1. The Hall–Kier alpha value is -9.78. The van der Waals surface area contributed by atoms with Crippen molar-refractivity contribution < 1.29 is 9.30 Å². The first-order valence-electron chi connectivity index (χ1n) is 29.4. The Bertz CT molecular complexity index is 4960. The van der Waals surface area contributed by atoms with E-state index in [4.69, 9.17) is 9.72 Å². The molecular weight excluding hydrogens is 1020 g/mol. The molecule has 84 heavy (non-hydrogen) atoms. The Morgan fingerprint density at radius 1 is 0.357 bits per heavy atom. The Balaban J connectivity index is 0.979. The zero-order valence-electron chi connectivity index (χ0n) is 49.2. The normalized spacial score (nSPS) is 12.6. The molecule has 15 rings (SSSR count). The van der Waals surface area contributed by atoms with Gasteiger partial charge in [0.05, 0.1) is 22.1 Å². The van der Waals surface area contributed by atoms with E-state index >= 15 is 0 Å². The van der Waals surface area contributed by atoms with Crippen LogP contribution in [0.25, 0.3) is 122 Å². The first-order valence-corrected chi connectivity index (χ1v) is 29.4. The summed E-state index contributed by atoms with van der Waals surface area (Å²) in [5, 5.41) is 4.75. The van der Waals surface area contributed by atoms with E-state index in [2.05, 4.69) is 311 Å². The number of rotatable bonds is 6. The van der Waals surface area contributed by atoms with Crippen molar-refractivity contribution in [2.24, 2.45) is 0 Å². The molecule has 10 aromatic carbocycles. The molecule has 0 saturated carbocycles. The lowest BCUT2D eigenvalue weighted by molar-refractivity contribution is -0.566. The van der Waals surface area contributed by atoms with Gasteiger partial charge >= 0.3 is 0 Å². The van der Waals surface area contributed by atoms with Gasteiger partial charge < -0.3 is 9.30 Å². The van der Waals surface area contributed by atoms with Gasteiger partial charge in [0.25, 0.3) is 6.33 Å². The largest absolute Gasteiger partial charge is 0.457 e. The number of hydrogen-bond donors (Lipinski definition) is 0. The molecule has 408 valence electrons. The van der Waals surface area contributed by atoms with Crippen LogP contribution in [0.1, 0.15) is 79.0 Å². The summed E-state index contributed by atoms with van der Waals surface area (Å²) < 4.78 is 16.6. The van der Waals surface area contributed by atoms with Crippen LogP contribution < -0.4 is 9.30 Å². The third-order valence-corrected chi connectivity index (χ3v) is 17.4. The third kappa shape index (κ3) is 8.29. The molecule has 0 spiro atoms. The van der Waals surface area contributed by atoms with E-state index in [1.54, 1.807) is 0 Å². The van der Waals surface area contributed by atoms with Gasteiger partial charge in [-0.3, -0.25) is 4.57 Å². The van der Waals surface area contributed by atoms with Gasteiger partial charge in [0.15, 0.2) is 11.0 Å². The number of benzene rings is 10. The van der Waals surface area contributed by atoms with Crippen molar-refractivity contribution in [1.29, 1.82) is 0 Å². The van der Waals surface area contributed by atoms with Crippen LogP contribution in [0.3, 0.4) is 0 Å². The molecule has 5 heterocycles. The lowest BCUT2D eigenvalue weighted by atomic mass is 9.78. The molecule has 0 bridgehead atoms. The zero-order valence-corrected chi connectivity index (χ0v) is 49.2. The van der Waals surface area contributed by atoms with Crippen molar-refractivity contribution in [2.45, 2.75) is 78.6 Å². The lowest BCUT2D eigenvalue weighted by Crippen LogP contribution is -2.31. The Morgan fingerprint density at radius 2 is 0.905 bits per heavy atom. The van der Waals surface area contributed by atoms with Crippen LogP contribution >= 0.6 is 0 Å². The van der Waals surface area contributed by atoms with E-state index in [1.165, 1.54) is 66.2 Å². The fourth-order valence-corrected chi connectivity index (χ4v) is 13.1. The Kier molecular flexibility index (Phi) is 11.5. The van der Waals surface area contributed by atoms with Gasteiger partial charge in [0.1, 0.15) is 28.7 Å². The topological polar surface area (TPSA) is 40.8 Å². The van der Waals surface area contributed by atoms with Gasteiger partial charge in [-0.2, -0.15) is 9.13 Å². The number of hydrogen-bond acceptors (Lipinski definition) is 2. The van der Waals surface area contributed by atoms with Crippen molar-refractivity contribution in [1.82, 2.24) is 18.7 Å². The monoisotopic (exact) mass is 1090 g/mol. The molecule has 0 radical (unpaired) electrons.